The number of hydrogen-bond acceptors (Lipinski definition) is 4. The minimum absolute atomic E-state index is 0.349. The molecule has 0 spiro atoms. The number of aliphatic hydroxyl groups excluding tert-OH is 1. The summed E-state index contributed by atoms with van der Waals surface area (Å²) in [5.41, 5.74) is 0. The van der Waals surface area contributed by atoms with E-state index >= 15 is 0 Å². The predicted molar refractivity (Wildman–Crippen MR) is 70.3 cm³/mol. The average molecular weight is 244 g/mol. The van der Waals surface area contributed by atoms with Gasteiger partial charge >= 0.3 is 0 Å². The van der Waals surface area contributed by atoms with E-state index in [0.29, 0.717) is 12.6 Å². The van der Waals surface area contributed by atoms with E-state index in [4.69, 9.17) is 4.74 Å². The zero-order valence-corrected chi connectivity index (χ0v) is 11.6. The van der Waals surface area contributed by atoms with Gasteiger partial charge in [-0.25, -0.2) is 0 Å². The summed E-state index contributed by atoms with van der Waals surface area (Å²) in [5, 5.41) is 9.90. The van der Waals surface area contributed by atoms with E-state index < -0.39 is 0 Å². The number of β-amino-alcohol motifs (C(OH)–C–C–N with tert-alkyl or cyclic N) is 1. The van der Waals surface area contributed by atoms with Crippen LogP contribution in [0.3, 0.4) is 0 Å². The summed E-state index contributed by atoms with van der Waals surface area (Å²) in [5.74, 6) is 0. The fourth-order valence-electron chi connectivity index (χ4n) is 2.24. The van der Waals surface area contributed by atoms with Gasteiger partial charge in [0.2, 0.25) is 0 Å². The van der Waals surface area contributed by atoms with E-state index in [-0.39, 0.29) is 6.10 Å². The highest BCUT2D eigenvalue weighted by atomic mass is 16.5. The van der Waals surface area contributed by atoms with Crippen molar-refractivity contribution in [2.75, 3.05) is 46.4 Å². The third-order valence-electron chi connectivity index (χ3n) is 3.37. The number of rotatable bonds is 7. The third kappa shape index (κ3) is 5.82. The standard InChI is InChI=1S/C13H28N2O2/c1-4-5-8-17-11-13(16)10-15-7-6-14(3)9-12(15)2/h12-13,16H,4-11H2,1-3H3. The minimum atomic E-state index is -0.349. The van der Waals surface area contributed by atoms with Crippen molar-refractivity contribution in [3.05, 3.63) is 0 Å². The quantitative estimate of drug-likeness (QED) is 0.672. The van der Waals surface area contributed by atoms with Gasteiger partial charge in [-0.05, 0) is 20.4 Å². The molecule has 4 heteroatoms. The van der Waals surface area contributed by atoms with E-state index in [1.54, 1.807) is 0 Å². The van der Waals surface area contributed by atoms with Crippen LogP contribution in [0.5, 0.6) is 0 Å². The molecule has 1 fully saturated rings. The molecule has 1 aliphatic heterocycles. The van der Waals surface area contributed by atoms with Gasteiger partial charge in [-0.3, -0.25) is 4.90 Å². The molecule has 0 aromatic heterocycles. The number of ether oxygens (including phenoxy) is 1. The predicted octanol–water partition coefficient (Wildman–Crippen LogP) is 0.800. The van der Waals surface area contributed by atoms with Gasteiger partial charge in [0.1, 0.15) is 0 Å². The highest BCUT2D eigenvalue weighted by Crippen LogP contribution is 2.08. The van der Waals surface area contributed by atoms with Crippen LogP contribution >= 0.6 is 0 Å². The van der Waals surface area contributed by atoms with Crippen LogP contribution in [0, 0.1) is 0 Å². The van der Waals surface area contributed by atoms with Gasteiger partial charge in [-0.2, -0.15) is 0 Å². The van der Waals surface area contributed by atoms with E-state index in [1.165, 1.54) is 0 Å². The Labute approximate surface area is 106 Å². The van der Waals surface area contributed by atoms with Crippen molar-refractivity contribution in [3.8, 4) is 0 Å². The first-order valence-electron chi connectivity index (χ1n) is 6.82. The maximum Gasteiger partial charge on any atom is 0.0900 e. The second-order valence-electron chi connectivity index (χ2n) is 5.19. The third-order valence-corrected chi connectivity index (χ3v) is 3.37. The first-order chi connectivity index (χ1) is 8.13. The minimum Gasteiger partial charge on any atom is -0.389 e. The van der Waals surface area contributed by atoms with Crippen LogP contribution < -0.4 is 0 Å². The molecule has 1 aliphatic rings. The molecule has 0 aromatic carbocycles. The summed E-state index contributed by atoms with van der Waals surface area (Å²) in [6.07, 6.45) is 1.88. The molecule has 1 N–H and O–H groups in total. The monoisotopic (exact) mass is 244 g/mol. The Kier molecular flexibility index (Phi) is 7.04. The number of piperazine rings is 1. The Bertz CT molecular complexity index is 202. The highest BCUT2D eigenvalue weighted by molar-refractivity contribution is 4.79. The molecule has 4 nitrogen and oxygen atoms in total. The Morgan fingerprint density at radius 1 is 1.41 bits per heavy atom. The highest BCUT2D eigenvalue weighted by Gasteiger charge is 2.23. The molecule has 0 radical (unpaired) electrons. The second kappa shape index (κ2) is 8.03. The molecule has 0 aliphatic carbocycles. The molecule has 2 unspecified atom stereocenters. The van der Waals surface area contributed by atoms with Crippen molar-refractivity contribution in [2.24, 2.45) is 0 Å². The van der Waals surface area contributed by atoms with Crippen LogP contribution in [0.4, 0.5) is 0 Å². The Morgan fingerprint density at radius 3 is 2.82 bits per heavy atom. The maximum atomic E-state index is 9.90. The second-order valence-corrected chi connectivity index (χ2v) is 5.19. The molecule has 1 rings (SSSR count). The summed E-state index contributed by atoms with van der Waals surface area (Å²) in [6, 6.07) is 0.527. The van der Waals surface area contributed by atoms with Gasteiger partial charge in [0.05, 0.1) is 12.7 Å². The van der Waals surface area contributed by atoms with Gasteiger partial charge in [0.25, 0.3) is 0 Å². The van der Waals surface area contributed by atoms with Crippen molar-refractivity contribution in [1.29, 1.82) is 0 Å². The van der Waals surface area contributed by atoms with Crippen LogP contribution in [-0.2, 0) is 4.74 Å². The fourth-order valence-corrected chi connectivity index (χ4v) is 2.24. The molecular formula is C13H28N2O2. The lowest BCUT2D eigenvalue weighted by molar-refractivity contribution is -0.00414. The van der Waals surface area contributed by atoms with E-state index in [0.717, 1.165) is 45.6 Å². The average Bonchev–Trinajstić information content (AvgIpc) is 2.28. The Morgan fingerprint density at radius 2 is 2.18 bits per heavy atom. The van der Waals surface area contributed by atoms with Gasteiger partial charge < -0.3 is 14.7 Å². The normalized spacial score (nSPS) is 25.1. The lowest BCUT2D eigenvalue weighted by Gasteiger charge is -2.39. The van der Waals surface area contributed by atoms with Crippen LogP contribution in [0.2, 0.25) is 0 Å². The lowest BCUT2D eigenvalue weighted by atomic mass is 10.2. The number of aliphatic hydroxyl groups is 1. The zero-order valence-electron chi connectivity index (χ0n) is 11.6. The fraction of sp³-hybridized carbons (Fsp3) is 1.00. The van der Waals surface area contributed by atoms with Crippen LogP contribution in [0.15, 0.2) is 0 Å². The molecule has 0 aromatic rings. The van der Waals surface area contributed by atoms with Crippen LogP contribution in [-0.4, -0.2) is 73.5 Å². The molecule has 17 heavy (non-hydrogen) atoms. The van der Waals surface area contributed by atoms with Crippen LogP contribution in [0.1, 0.15) is 26.7 Å². The molecule has 0 amide bonds. The Hall–Kier alpha value is -0.160. The summed E-state index contributed by atoms with van der Waals surface area (Å²) >= 11 is 0. The van der Waals surface area contributed by atoms with Crippen molar-refractivity contribution in [2.45, 2.75) is 38.8 Å². The van der Waals surface area contributed by atoms with Gasteiger partial charge in [-0.15, -0.1) is 0 Å². The molecule has 1 heterocycles. The summed E-state index contributed by atoms with van der Waals surface area (Å²) in [4.78, 5) is 4.69. The molecule has 0 bridgehead atoms. The maximum absolute atomic E-state index is 9.90. The smallest absolute Gasteiger partial charge is 0.0900 e. The molecule has 1 saturated heterocycles. The Balaban J connectivity index is 2.14. The van der Waals surface area contributed by atoms with Gasteiger partial charge in [0.15, 0.2) is 0 Å². The lowest BCUT2D eigenvalue weighted by Crippen LogP contribution is -2.52. The van der Waals surface area contributed by atoms with Gasteiger partial charge in [0, 0.05) is 38.8 Å². The molecule has 2 atom stereocenters. The van der Waals surface area contributed by atoms with Crippen molar-refractivity contribution in [3.63, 3.8) is 0 Å². The molecule has 102 valence electrons. The van der Waals surface area contributed by atoms with Crippen molar-refractivity contribution >= 4 is 0 Å². The number of nitrogens with zero attached hydrogens (tertiary/aromatic N) is 2. The topological polar surface area (TPSA) is 35.9 Å². The summed E-state index contributed by atoms with van der Waals surface area (Å²) in [6.45, 7) is 9.57. The van der Waals surface area contributed by atoms with E-state index in [1.807, 2.05) is 0 Å². The van der Waals surface area contributed by atoms with Crippen LogP contribution in [0.25, 0.3) is 0 Å². The van der Waals surface area contributed by atoms with Gasteiger partial charge in [-0.1, -0.05) is 13.3 Å². The van der Waals surface area contributed by atoms with E-state index in [2.05, 4.69) is 30.7 Å². The number of unbranched alkanes of at least 4 members (excludes halogenated alkanes) is 1. The van der Waals surface area contributed by atoms with Crippen molar-refractivity contribution < 1.29 is 9.84 Å². The first-order valence-corrected chi connectivity index (χ1v) is 6.82. The van der Waals surface area contributed by atoms with E-state index in [9.17, 15) is 5.11 Å². The largest absolute Gasteiger partial charge is 0.389 e. The number of hydrogen-bond donors (Lipinski definition) is 1. The van der Waals surface area contributed by atoms with Crippen molar-refractivity contribution in [1.82, 2.24) is 9.80 Å². The summed E-state index contributed by atoms with van der Waals surface area (Å²) < 4.78 is 5.45. The summed E-state index contributed by atoms with van der Waals surface area (Å²) in [7, 11) is 2.15. The zero-order chi connectivity index (χ0) is 12.7. The molecule has 0 saturated carbocycles. The first kappa shape index (κ1) is 14.9. The SMILES string of the molecule is CCCCOCC(O)CN1CCN(C)CC1C. The number of likely N-dealkylation sites (N-methyl/N-ethyl adjacent to an activating group) is 1. The molecular weight excluding hydrogens is 216 g/mol.